The number of hydrogen-bond donors (Lipinski definition) is 0. The van der Waals surface area contributed by atoms with E-state index in [1.807, 2.05) is 30.3 Å². The first-order valence-corrected chi connectivity index (χ1v) is 4.59. The minimum atomic E-state index is -0.327. The van der Waals surface area contributed by atoms with Crippen molar-refractivity contribution < 1.29 is 9.53 Å². The number of esters is 1. The molecular formula is C10H12ClNO2. The van der Waals surface area contributed by atoms with Crippen molar-refractivity contribution in [1.29, 1.82) is 0 Å². The number of halogens is 1. The molecule has 0 aliphatic rings. The summed E-state index contributed by atoms with van der Waals surface area (Å²) in [5, 5.41) is 0. The molecular weight excluding hydrogens is 202 g/mol. The van der Waals surface area contributed by atoms with E-state index in [0.29, 0.717) is 6.61 Å². The normalized spacial score (nSPS) is 10.2. The Morgan fingerprint density at radius 1 is 1.43 bits per heavy atom. The zero-order chi connectivity index (χ0) is 10.4. The van der Waals surface area contributed by atoms with Gasteiger partial charge in [0, 0.05) is 7.05 Å². The maximum absolute atomic E-state index is 11.1. The lowest BCUT2D eigenvalue weighted by Crippen LogP contribution is -2.19. The third kappa shape index (κ3) is 4.25. The first-order chi connectivity index (χ1) is 6.68. The lowest BCUT2D eigenvalue weighted by molar-refractivity contribution is -0.144. The molecule has 3 nitrogen and oxygen atoms in total. The van der Waals surface area contributed by atoms with E-state index in [4.69, 9.17) is 16.5 Å². The Kier molecular flexibility index (Phi) is 4.43. The minimum Gasteiger partial charge on any atom is -0.460 e. The highest BCUT2D eigenvalue weighted by molar-refractivity contribution is 6.14. The smallest absolute Gasteiger partial charge is 0.321 e. The average Bonchev–Trinajstić information content (AvgIpc) is 2.15. The second-order valence-corrected chi connectivity index (χ2v) is 3.49. The van der Waals surface area contributed by atoms with Gasteiger partial charge in [0.2, 0.25) is 0 Å². The number of hydrogen-bond acceptors (Lipinski definition) is 3. The summed E-state index contributed by atoms with van der Waals surface area (Å²) in [4.78, 5) is 11.1. The Hall–Kier alpha value is -1.06. The summed E-state index contributed by atoms with van der Waals surface area (Å²) in [6, 6.07) is 9.51. The second-order valence-electron chi connectivity index (χ2n) is 2.91. The summed E-state index contributed by atoms with van der Waals surface area (Å²) in [6.07, 6.45) is 0. The van der Waals surface area contributed by atoms with E-state index in [9.17, 15) is 4.79 Å². The van der Waals surface area contributed by atoms with Crippen molar-refractivity contribution in [1.82, 2.24) is 4.42 Å². The quantitative estimate of drug-likeness (QED) is 0.565. The second kappa shape index (κ2) is 5.62. The van der Waals surface area contributed by atoms with Crippen LogP contribution in [-0.2, 0) is 16.1 Å². The SMILES string of the molecule is CN(Cl)CC(=O)OCc1ccccc1. The molecule has 0 unspecified atom stereocenters. The Bertz CT molecular complexity index is 287. The van der Waals surface area contributed by atoms with Crippen LogP contribution >= 0.6 is 11.8 Å². The molecule has 1 rings (SSSR count). The predicted octanol–water partition coefficient (Wildman–Crippen LogP) is 1.82. The van der Waals surface area contributed by atoms with Crippen molar-refractivity contribution in [3.63, 3.8) is 0 Å². The van der Waals surface area contributed by atoms with Gasteiger partial charge in [-0.25, -0.2) is 4.42 Å². The van der Waals surface area contributed by atoms with Gasteiger partial charge in [-0.05, 0) is 17.3 Å². The van der Waals surface area contributed by atoms with Gasteiger partial charge in [-0.1, -0.05) is 30.3 Å². The van der Waals surface area contributed by atoms with E-state index >= 15 is 0 Å². The number of benzene rings is 1. The van der Waals surface area contributed by atoms with Crippen LogP contribution in [0.1, 0.15) is 5.56 Å². The Morgan fingerprint density at radius 3 is 2.64 bits per heavy atom. The topological polar surface area (TPSA) is 29.5 Å². The molecule has 0 fully saturated rings. The van der Waals surface area contributed by atoms with Crippen LogP contribution in [0, 0.1) is 0 Å². The third-order valence-electron chi connectivity index (χ3n) is 1.59. The molecule has 0 atom stereocenters. The summed E-state index contributed by atoms with van der Waals surface area (Å²) in [5.74, 6) is -0.327. The molecule has 0 spiro atoms. The van der Waals surface area contributed by atoms with Gasteiger partial charge in [0.25, 0.3) is 0 Å². The molecule has 0 aromatic heterocycles. The largest absolute Gasteiger partial charge is 0.460 e. The van der Waals surface area contributed by atoms with Crippen molar-refractivity contribution in [2.75, 3.05) is 13.6 Å². The van der Waals surface area contributed by atoms with E-state index < -0.39 is 0 Å². The molecule has 4 heteroatoms. The molecule has 0 amide bonds. The van der Waals surface area contributed by atoms with Crippen LogP contribution in [0.3, 0.4) is 0 Å². The summed E-state index contributed by atoms with van der Waals surface area (Å²) in [6.45, 7) is 0.388. The Balaban J connectivity index is 2.31. The zero-order valence-corrected chi connectivity index (χ0v) is 8.70. The number of carbonyl (C=O) groups excluding carboxylic acids is 1. The standard InChI is InChI=1S/C10H12ClNO2/c1-12(11)7-10(13)14-8-9-5-3-2-4-6-9/h2-6H,7-8H2,1H3. The first kappa shape index (κ1) is 11.0. The number of ether oxygens (including phenoxy) is 1. The van der Waals surface area contributed by atoms with Gasteiger partial charge < -0.3 is 4.74 Å². The molecule has 1 aromatic rings. The van der Waals surface area contributed by atoms with Crippen LogP contribution in [0.2, 0.25) is 0 Å². The highest BCUT2D eigenvalue weighted by Crippen LogP contribution is 2.01. The minimum absolute atomic E-state index is 0.0917. The predicted molar refractivity (Wildman–Crippen MR) is 54.7 cm³/mol. The van der Waals surface area contributed by atoms with Crippen LogP contribution < -0.4 is 0 Å². The molecule has 0 heterocycles. The summed E-state index contributed by atoms with van der Waals surface area (Å²) >= 11 is 5.49. The molecule has 76 valence electrons. The maximum atomic E-state index is 11.1. The third-order valence-corrected chi connectivity index (χ3v) is 1.71. The Labute approximate surface area is 88.3 Å². The van der Waals surface area contributed by atoms with Crippen molar-refractivity contribution in [3.8, 4) is 0 Å². The average molecular weight is 214 g/mol. The van der Waals surface area contributed by atoms with Gasteiger partial charge in [-0.3, -0.25) is 4.79 Å². The molecule has 0 N–H and O–H groups in total. The van der Waals surface area contributed by atoms with Gasteiger partial charge >= 0.3 is 5.97 Å². The molecule has 0 saturated heterocycles. The van der Waals surface area contributed by atoms with Crippen molar-refractivity contribution >= 4 is 17.7 Å². The number of carbonyl (C=O) groups is 1. The van der Waals surface area contributed by atoms with Crippen LogP contribution in [0.15, 0.2) is 30.3 Å². The Morgan fingerprint density at radius 2 is 2.07 bits per heavy atom. The fraction of sp³-hybridized carbons (Fsp3) is 0.300. The lowest BCUT2D eigenvalue weighted by Gasteiger charge is -2.07. The molecule has 1 aromatic carbocycles. The van der Waals surface area contributed by atoms with E-state index in [1.165, 1.54) is 4.42 Å². The molecule has 0 saturated carbocycles. The number of nitrogens with zero attached hydrogens (tertiary/aromatic N) is 1. The van der Waals surface area contributed by atoms with E-state index in [-0.39, 0.29) is 12.5 Å². The van der Waals surface area contributed by atoms with E-state index in [0.717, 1.165) is 5.56 Å². The zero-order valence-electron chi connectivity index (χ0n) is 7.94. The van der Waals surface area contributed by atoms with Crippen molar-refractivity contribution in [2.24, 2.45) is 0 Å². The van der Waals surface area contributed by atoms with Crippen LogP contribution in [0.4, 0.5) is 0 Å². The van der Waals surface area contributed by atoms with Crippen LogP contribution in [-0.4, -0.2) is 24.0 Å². The maximum Gasteiger partial charge on any atom is 0.321 e. The number of rotatable bonds is 4. The van der Waals surface area contributed by atoms with Crippen LogP contribution in [0.25, 0.3) is 0 Å². The van der Waals surface area contributed by atoms with Crippen LogP contribution in [0.5, 0.6) is 0 Å². The highest BCUT2D eigenvalue weighted by Gasteiger charge is 2.05. The van der Waals surface area contributed by atoms with E-state index in [1.54, 1.807) is 7.05 Å². The summed E-state index contributed by atoms with van der Waals surface area (Å²) < 4.78 is 6.23. The molecule has 0 radical (unpaired) electrons. The fourth-order valence-electron chi connectivity index (χ4n) is 0.962. The summed E-state index contributed by atoms with van der Waals surface area (Å²) in [7, 11) is 1.60. The van der Waals surface area contributed by atoms with Gasteiger partial charge in [0.1, 0.15) is 13.2 Å². The van der Waals surface area contributed by atoms with Gasteiger partial charge in [0.05, 0.1) is 0 Å². The highest BCUT2D eigenvalue weighted by atomic mass is 35.5. The van der Waals surface area contributed by atoms with Crippen molar-refractivity contribution in [3.05, 3.63) is 35.9 Å². The molecule has 0 aliphatic heterocycles. The molecule has 14 heavy (non-hydrogen) atoms. The first-order valence-electron chi connectivity index (χ1n) is 4.25. The van der Waals surface area contributed by atoms with Gasteiger partial charge in [-0.2, -0.15) is 0 Å². The van der Waals surface area contributed by atoms with Crippen molar-refractivity contribution in [2.45, 2.75) is 6.61 Å². The fourth-order valence-corrected chi connectivity index (χ4v) is 1.06. The monoisotopic (exact) mass is 213 g/mol. The van der Waals surface area contributed by atoms with Gasteiger partial charge in [-0.15, -0.1) is 0 Å². The van der Waals surface area contributed by atoms with E-state index in [2.05, 4.69) is 0 Å². The molecule has 0 bridgehead atoms. The number of likely N-dealkylation sites (N-methyl/N-ethyl adjacent to an activating group) is 1. The van der Waals surface area contributed by atoms with Gasteiger partial charge in [0.15, 0.2) is 0 Å². The lowest BCUT2D eigenvalue weighted by atomic mass is 10.2. The summed E-state index contributed by atoms with van der Waals surface area (Å²) in [5.41, 5.74) is 0.970. The molecule has 0 aliphatic carbocycles.